The van der Waals surface area contributed by atoms with E-state index in [1.54, 1.807) is 31.2 Å². The van der Waals surface area contributed by atoms with Gasteiger partial charge >= 0.3 is 0 Å². The number of oxazole rings is 1. The number of nitrogens with zero attached hydrogens (tertiary/aromatic N) is 2. The van der Waals surface area contributed by atoms with E-state index in [1.165, 1.54) is 6.92 Å². The van der Waals surface area contributed by atoms with Crippen molar-refractivity contribution in [2.24, 2.45) is 0 Å². The van der Waals surface area contributed by atoms with Crippen molar-refractivity contribution in [2.75, 3.05) is 5.32 Å². The van der Waals surface area contributed by atoms with E-state index in [0.717, 1.165) is 0 Å². The van der Waals surface area contributed by atoms with Crippen LogP contribution in [0.5, 0.6) is 0 Å². The van der Waals surface area contributed by atoms with Gasteiger partial charge in [-0.25, -0.2) is 9.97 Å². The fourth-order valence-corrected chi connectivity index (χ4v) is 3.20. The number of halogens is 2. The Morgan fingerprint density at radius 1 is 1.20 bits per heavy atom. The number of carbonyl (C=O) groups excluding carboxylic acids is 1. The molecule has 0 radical (unpaired) electrons. The third-order valence-electron chi connectivity index (χ3n) is 3.81. The molecule has 0 saturated heterocycles. The molecule has 0 fully saturated rings. The van der Waals surface area contributed by atoms with Crippen molar-refractivity contribution in [2.45, 2.75) is 13.8 Å². The molecule has 0 bridgehead atoms. The number of aromatic amines is 1. The van der Waals surface area contributed by atoms with Crippen LogP contribution in [0.4, 0.5) is 11.6 Å². The number of carbonyl (C=O) groups is 1. The lowest BCUT2D eigenvalue weighted by Gasteiger charge is -2.06. The molecule has 2 aromatic heterocycles. The van der Waals surface area contributed by atoms with E-state index in [4.69, 9.17) is 27.6 Å². The Morgan fingerprint density at radius 3 is 2.60 bits per heavy atom. The average molecular weight is 375 g/mol. The van der Waals surface area contributed by atoms with Crippen molar-refractivity contribution in [1.82, 2.24) is 15.0 Å². The molecule has 0 unspecified atom stereocenters. The van der Waals surface area contributed by atoms with E-state index >= 15 is 0 Å². The first-order valence-electron chi connectivity index (χ1n) is 7.46. The van der Waals surface area contributed by atoms with Crippen LogP contribution in [0.25, 0.3) is 22.1 Å². The van der Waals surface area contributed by atoms with Crippen LogP contribution in [-0.2, 0) is 0 Å². The Balaban J connectivity index is 1.91. The predicted octanol–water partition coefficient (Wildman–Crippen LogP) is 5.27. The van der Waals surface area contributed by atoms with Crippen molar-refractivity contribution >= 4 is 62.8 Å². The zero-order valence-electron chi connectivity index (χ0n) is 13.3. The van der Waals surface area contributed by atoms with Crippen LogP contribution < -0.4 is 5.32 Å². The van der Waals surface area contributed by atoms with Gasteiger partial charge in [0.05, 0.1) is 26.8 Å². The molecule has 0 aliphatic rings. The Hall–Kier alpha value is -2.57. The van der Waals surface area contributed by atoms with Crippen LogP contribution in [-0.4, -0.2) is 20.7 Å². The number of Topliss-reactive ketones (excluding diaryl/α,β-unsaturated/α-hetero) is 1. The molecule has 2 N–H and O–H groups in total. The Labute approximate surface area is 152 Å². The molecule has 2 heterocycles. The molecule has 4 aromatic rings. The predicted molar refractivity (Wildman–Crippen MR) is 98.1 cm³/mol. The highest BCUT2D eigenvalue weighted by Gasteiger charge is 2.19. The summed E-state index contributed by atoms with van der Waals surface area (Å²) < 4.78 is 5.59. The first-order valence-corrected chi connectivity index (χ1v) is 8.21. The van der Waals surface area contributed by atoms with Gasteiger partial charge < -0.3 is 14.7 Å². The highest BCUT2D eigenvalue weighted by molar-refractivity contribution is 6.39. The number of rotatable bonds is 3. The van der Waals surface area contributed by atoms with Crippen LogP contribution in [0.15, 0.2) is 28.7 Å². The van der Waals surface area contributed by atoms with Gasteiger partial charge in [-0.05, 0) is 25.1 Å². The van der Waals surface area contributed by atoms with Crippen LogP contribution in [0, 0.1) is 6.92 Å². The summed E-state index contributed by atoms with van der Waals surface area (Å²) in [5.41, 5.74) is 3.23. The number of nitrogens with one attached hydrogen (secondary N) is 2. The van der Waals surface area contributed by atoms with E-state index < -0.39 is 0 Å². The summed E-state index contributed by atoms with van der Waals surface area (Å²) in [6, 6.07) is 6.92. The standard InChI is InChI=1S/C17H12Cl2N4O2/c1-7(24)9-6-12-14(15-16(9)25-8(2)20-15)23-17(21-12)22-13-10(18)4-3-5-11(13)19/h3-6H,1-2H3,(H2,21,22,23). The van der Waals surface area contributed by atoms with Crippen LogP contribution >= 0.6 is 23.2 Å². The zero-order valence-corrected chi connectivity index (χ0v) is 14.8. The molecular formula is C17H12Cl2N4O2. The highest BCUT2D eigenvalue weighted by atomic mass is 35.5. The molecule has 4 rings (SSSR count). The van der Waals surface area contributed by atoms with Gasteiger partial charge in [0.2, 0.25) is 5.95 Å². The average Bonchev–Trinajstić information content (AvgIpc) is 3.12. The molecule has 0 aliphatic carbocycles. The molecule has 0 spiro atoms. The van der Waals surface area contributed by atoms with Crippen molar-refractivity contribution < 1.29 is 9.21 Å². The maximum absolute atomic E-state index is 11.9. The number of hydrogen-bond donors (Lipinski definition) is 2. The number of aromatic nitrogens is 3. The van der Waals surface area contributed by atoms with Crippen molar-refractivity contribution in [3.8, 4) is 0 Å². The first-order chi connectivity index (χ1) is 11.9. The minimum absolute atomic E-state index is 0.110. The van der Waals surface area contributed by atoms with Crippen LogP contribution in [0.1, 0.15) is 23.2 Å². The Kier molecular flexibility index (Phi) is 3.67. The fraction of sp³-hybridized carbons (Fsp3) is 0.118. The Bertz CT molecular complexity index is 1130. The summed E-state index contributed by atoms with van der Waals surface area (Å²) in [4.78, 5) is 23.9. The lowest BCUT2D eigenvalue weighted by atomic mass is 10.1. The van der Waals surface area contributed by atoms with Gasteiger partial charge in [-0.15, -0.1) is 0 Å². The number of fused-ring (bicyclic) bond motifs is 3. The number of ketones is 1. The summed E-state index contributed by atoms with van der Waals surface area (Å²) in [5, 5.41) is 4.02. The van der Waals surface area contributed by atoms with E-state index in [1.807, 2.05) is 0 Å². The summed E-state index contributed by atoms with van der Waals surface area (Å²) in [5.74, 6) is 0.797. The number of anilines is 2. The highest BCUT2D eigenvalue weighted by Crippen LogP contribution is 2.34. The summed E-state index contributed by atoms with van der Waals surface area (Å²) in [7, 11) is 0. The normalized spacial score (nSPS) is 11.4. The molecular weight excluding hydrogens is 363 g/mol. The van der Waals surface area contributed by atoms with E-state index in [0.29, 0.717) is 55.3 Å². The first kappa shape index (κ1) is 15.9. The smallest absolute Gasteiger partial charge is 0.205 e. The third-order valence-corrected chi connectivity index (χ3v) is 4.44. The number of H-pyrrole nitrogens is 1. The molecule has 0 atom stereocenters. The maximum atomic E-state index is 11.9. The van der Waals surface area contributed by atoms with Crippen LogP contribution in [0.2, 0.25) is 10.0 Å². The summed E-state index contributed by atoms with van der Waals surface area (Å²) in [6.45, 7) is 3.21. The molecule has 0 saturated carbocycles. The van der Waals surface area contributed by atoms with Crippen molar-refractivity contribution in [1.29, 1.82) is 0 Å². The molecule has 0 aliphatic heterocycles. The van der Waals surface area contributed by atoms with E-state index in [9.17, 15) is 4.79 Å². The van der Waals surface area contributed by atoms with Gasteiger partial charge in [0.1, 0.15) is 11.0 Å². The second-order valence-electron chi connectivity index (χ2n) is 5.59. The Morgan fingerprint density at radius 2 is 1.92 bits per heavy atom. The van der Waals surface area contributed by atoms with Crippen molar-refractivity contribution in [3.05, 3.63) is 45.8 Å². The fourth-order valence-electron chi connectivity index (χ4n) is 2.71. The number of hydrogen-bond acceptors (Lipinski definition) is 5. The SMILES string of the molecule is CC(=O)c1cc2[nH]c(Nc3c(Cl)cccc3Cl)nc2c2nc(C)oc12. The van der Waals surface area contributed by atoms with Crippen LogP contribution in [0.3, 0.4) is 0 Å². The third kappa shape index (κ3) is 2.63. The van der Waals surface area contributed by atoms with Gasteiger partial charge in [0, 0.05) is 6.92 Å². The van der Waals surface area contributed by atoms with E-state index in [-0.39, 0.29) is 5.78 Å². The molecule has 6 nitrogen and oxygen atoms in total. The van der Waals surface area contributed by atoms with Crippen molar-refractivity contribution in [3.63, 3.8) is 0 Å². The maximum Gasteiger partial charge on any atom is 0.205 e. The summed E-state index contributed by atoms with van der Waals surface area (Å²) in [6.07, 6.45) is 0. The molecule has 8 heteroatoms. The second-order valence-corrected chi connectivity index (χ2v) is 6.41. The molecule has 0 amide bonds. The topological polar surface area (TPSA) is 83.8 Å². The number of imidazole rings is 1. The van der Waals surface area contributed by atoms with Gasteiger partial charge in [0.25, 0.3) is 0 Å². The molecule has 2 aromatic carbocycles. The molecule has 25 heavy (non-hydrogen) atoms. The number of para-hydroxylation sites is 1. The lowest BCUT2D eigenvalue weighted by molar-refractivity contribution is 0.101. The van der Waals surface area contributed by atoms with Gasteiger partial charge in [-0.3, -0.25) is 4.79 Å². The number of benzene rings is 2. The minimum Gasteiger partial charge on any atom is -0.440 e. The van der Waals surface area contributed by atoms with Gasteiger partial charge in [-0.1, -0.05) is 29.3 Å². The van der Waals surface area contributed by atoms with E-state index in [2.05, 4.69) is 20.3 Å². The monoisotopic (exact) mass is 374 g/mol. The number of aryl methyl sites for hydroxylation is 1. The lowest BCUT2D eigenvalue weighted by Crippen LogP contribution is -1.94. The minimum atomic E-state index is -0.110. The second kappa shape index (κ2) is 5.75. The summed E-state index contributed by atoms with van der Waals surface area (Å²) >= 11 is 12.4. The zero-order chi connectivity index (χ0) is 17.7. The van der Waals surface area contributed by atoms with Gasteiger partial charge in [0.15, 0.2) is 17.3 Å². The van der Waals surface area contributed by atoms with Gasteiger partial charge in [-0.2, -0.15) is 0 Å². The largest absolute Gasteiger partial charge is 0.440 e. The quantitative estimate of drug-likeness (QED) is 0.477. The molecule has 126 valence electrons.